The van der Waals surface area contributed by atoms with Gasteiger partial charge in [-0.05, 0) is 42.2 Å². The van der Waals surface area contributed by atoms with E-state index in [0.29, 0.717) is 5.75 Å². The van der Waals surface area contributed by atoms with Gasteiger partial charge in [0.2, 0.25) is 21.8 Å². The van der Waals surface area contributed by atoms with E-state index in [4.69, 9.17) is 16.3 Å². The van der Waals surface area contributed by atoms with Crippen LogP contribution in [0.3, 0.4) is 0 Å². The molecule has 1 atom stereocenters. The number of carbonyl (C=O) groups is 2. The highest BCUT2D eigenvalue weighted by atomic mass is 35.5. The highest BCUT2D eigenvalue weighted by Crippen LogP contribution is 2.30. The predicted octanol–water partition coefficient (Wildman–Crippen LogP) is 5.20. The van der Waals surface area contributed by atoms with E-state index >= 15 is 0 Å². The summed E-state index contributed by atoms with van der Waals surface area (Å²) >= 11 is 6.31. The lowest BCUT2D eigenvalue weighted by Gasteiger charge is -2.35. The van der Waals surface area contributed by atoms with Crippen LogP contribution >= 0.6 is 11.6 Å². The Kier molecular flexibility index (Phi) is 10.9. The van der Waals surface area contributed by atoms with Crippen molar-refractivity contribution >= 4 is 39.1 Å². The molecule has 10 heteroatoms. The number of nitrogens with zero attached hydrogens (tertiary/aromatic N) is 2. The third kappa shape index (κ3) is 8.49. The minimum atomic E-state index is -3.90. The zero-order chi connectivity index (χ0) is 30.1. The molecule has 0 radical (unpaired) electrons. The summed E-state index contributed by atoms with van der Waals surface area (Å²) in [6.07, 6.45) is 6.37. The smallest absolute Gasteiger partial charge is 0.244 e. The van der Waals surface area contributed by atoms with Crippen LogP contribution in [0.5, 0.6) is 5.75 Å². The van der Waals surface area contributed by atoms with Gasteiger partial charge < -0.3 is 15.0 Å². The van der Waals surface area contributed by atoms with Crippen molar-refractivity contribution in [3.05, 3.63) is 95.0 Å². The highest BCUT2D eigenvalue weighted by molar-refractivity contribution is 7.92. The maximum Gasteiger partial charge on any atom is 0.244 e. The number of methoxy groups -OCH3 is 1. The molecule has 224 valence electrons. The summed E-state index contributed by atoms with van der Waals surface area (Å²) in [6.45, 7) is -0.368. The summed E-state index contributed by atoms with van der Waals surface area (Å²) in [5, 5.41) is 3.41. The minimum Gasteiger partial charge on any atom is -0.495 e. The lowest BCUT2D eigenvalue weighted by atomic mass is 9.94. The number of carbonyl (C=O) groups excluding carboxylic acids is 2. The Balaban J connectivity index is 1.71. The molecule has 1 aliphatic carbocycles. The fourth-order valence-electron chi connectivity index (χ4n) is 5.30. The standard InChI is InChI=1S/C32H38ClN3O5S/c1-41-30-19-18-27(21-28(30)33)36(42(2,39)40)23-31(37)35(22-25-14-8-4-9-15-25)29(20-24-12-6-3-7-13-24)32(38)34-26-16-10-5-11-17-26/h3-4,6-9,12-15,18-19,21,26,29H,5,10-11,16-17,20,22-23H2,1-2H3,(H,34,38)/t29-/m1/s1. The first-order valence-corrected chi connectivity index (χ1v) is 16.4. The summed E-state index contributed by atoms with van der Waals surface area (Å²) < 4.78 is 32.2. The Morgan fingerprint density at radius 1 is 0.952 bits per heavy atom. The average molecular weight is 612 g/mol. The summed E-state index contributed by atoms with van der Waals surface area (Å²) in [7, 11) is -2.43. The van der Waals surface area contributed by atoms with Crippen molar-refractivity contribution < 1.29 is 22.7 Å². The van der Waals surface area contributed by atoms with Gasteiger partial charge in [0.05, 0.1) is 24.1 Å². The molecular weight excluding hydrogens is 574 g/mol. The van der Waals surface area contributed by atoms with Crippen LogP contribution in [-0.2, 0) is 32.6 Å². The third-order valence-corrected chi connectivity index (χ3v) is 8.96. The quantitative estimate of drug-likeness (QED) is 0.304. The van der Waals surface area contributed by atoms with Crippen molar-refractivity contribution in [3.8, 4) is 5.75 Å². The Bertz CT molecular complexity index is 1450. The second kappa shape index (κ2) is 14.6. The Morgan fingerprint density at radius 3 is 2.14 bits per heavy atom. The van der Waals surface area contributed by atoms with Crippen LogP contribution < -0.4 is 14.4 Å². The molecule has 3 aromatic carbocycles. The fourth-order valence-corrected chi connectivity index (χ4v) is 6.40. The molecule has 1 N–H and O–H groups in total. The lowest BCUT2D eigenvalue weighted by Crippen LogP contribution is -2.55. The minimum absolute atomic E-state index is 0.0483. The number of amides is 2. The number of rotatable bonds is 12. The van der Waals surface area contributed by atoms with Gasteiger partial charge in [0.25, 0.3) is 0 Å². The number of halogens is 1. The highest BCUT2D eigenvalue weighted by Gasteiger charge is 2.34. The van der Waals surface area contributed by atoms with Crippen molar-refractivity contribution in [2.45, 2.75) is 57.2 Å². The van der Waals surface area contributed by atoms with Crippen LogP contribution in [0.4, 0.5) is 5.69 Å². The van der Waals surface area contributed by atoms with E-state index in [2.05, 4.69) is 5.32 Å². The van der Waals surface area contributed by atoms with E-state index in [1.165, 1.54) is 24.1 Å². The molecule has 0 unspecified atom stereocenters. The van der Waals surface area contributed by atoms with E-state index in [9.17, 15) is 18.0 Å². The fraction of sp³-hybridized carbons (Fsp3) is 0.375. The molecule has 4 rings (SSSR count). The molecule has 1 saturated carbocycles. The summed E-state index contributed by atoms with van der Waals surface area (Å²) in [5.41, 5.74) is 1.95. The molecule has 0 aliphatic heterocycles. The van der Waals surface area contributed by atoms with Gasteiger partial charge in [-0.3, -0.25) is 13.9 Å². The van der Waals surface area contributed by atoms with Crippen LogP contribution in [-0.4, -0.2) is 57.1 Å². The van der Waals surface area contributed by atoms with Crippen molar-refractivity contribution in [2.24, 2.45) is 0 Å². The predicted molar refractivity (Wildman–Crippen MR) is 166 cm³/mol. The van der Waals surface area contributed by atoms with Gasteiger partial charge in [0.15, 0.2) is 0 Å². The largest absolute Gasteiger partial charge is 0.495 e. The number of benzene rings is 3. The molecule has 1 fully saturated rings. The van der Waals surface area contributed by atoms with Crippen LogP contribution in [0.25, 0.3) is 0 Å². The number of anilines is 1. The zero-order valence-corrected chi connectivity index (χ0v) is 25.6. The first kappa shape index (κ1) is 31.4. The van der Waals surface area contributed by atoms with E-state index in [1.54, 1.807) is 6.07 Å². The number of sulfonamides is 1. The van der Waals surface area contributed by atoms with E-state index in [-0.39, 0.29) is 35.6 Å². The normalized spacial score (nSPS) is 14.5. The van der Waals surface area contributed by atoms with Crippen molar-refractivity contribution in [1.82, 2.24) is 10.2 Å². The van der Waals surface area contributed by atoms with E-state index < -0.39 is 28.5 Å². The van der Waals surface area contributed by atoms with E-state index in [1.807, 2.05) is 60.7 Å². The Hall–Kier alpha value is -3.56. The Labute approximate surface area is 253 Å². The SMILES string of the molecule is COc1ccc(N(CC(=O)N(Cc2ccccc2)[C@H](Cc2ccccc2)C(=O)NC2CCCCC2)S(C)(=O)=O)cc1Cl. The van der Waals surface area contributed by atoms with Crippen molar-refractivity contribution in [1.29, 1.82) is 0 Å². The molecule has 0 aromatic heterocycles. The first-order chi connectivity index (χ1) is 20.2. The molecule has 3 aromatic rings. The molecule has 2 amide bonds. The van der Waals surface area contributed by atoms with Gasteiger partial charge in [-0.25, -0.2) is 8.42 Å². The molecular formula is C32H38ClN3O5S. The van der Waals surface area contributed by atoms with Gasteiger partial charge in [-0.1, -0.05) is 91.5 Å². The second-order valence-electron chi connectivity index (χ2n) is 10.6. The molecule has 42 heavy (non-hydrogen) atoms. The number of hydrogen-bond donors (Lipinski definition) is 1. The van der Waals surface area contributed by atoms with Gasteiger partial charge in [0, 0.05) is 19.0 Å². The average Bonchev–Trinajstić information content (AvgIpc) is 2.98. The molecule has 0 bridgehead atoms. The molecule has 0 saturated heterocycles. The van der Waals surface area contributed by atoms with Crippen molar-refractivity contribution in [3.63, 3.8) is 0 Å². The summed E-state index contributed by atoms with van der Waals surface area (Å²) in [4.78, 5) is 29.7. The molecule has 0 spiro atoms. The molecule has 0 heterocycles. The zero-order valence-electron chi connectivity index (χ0n) is 24.0. The van der Waals surface area contributed by atoms with Crippen LogP contribution in [0.1, 0.15) is 43.2 Å². The number of ether oxygens (including phenoxy) is 1. The monoisotopic (exact) mass is 611 g/mol. The molecule has 1 aliphatic rings. The van der Waals surface area contributed by atoms with Crippen LogP contribution in [0, 0.1) is 0 Å². The maximum absolute atomic E-state index is 14.2. The molecule has 8 nitrogen and oxygen atoms in total. The van der Waals surface area contributed by atoms with Gasteiger partial charge in [0.1, 0.15) is 18.3 Å². The summed E-state index contributed by atoms with van der Waals surface area (Å²) in [5.74, 6) is -0.363. The Morgan fingerprint density at radius 2 is 1.57 bits per heavy atom. The second-order valence-corrected chi connectivity index (χ2v) is 13.0. The lowest BCUT2D eigenvalue weighted by molar-refractivity contribution is -0.140. The number of nitrogens with one attached hydrogen (secondary N) is 1. The first-order valence-electron chi connectivity index (χ1n) is 14.1. The number of hydrogen-bond acceptors (Lipinski definition) is 5. The van der Waals surface area contributed by atoms with Gasteiger partial charge in [-0.2, -0.15) is 0 Å². The van der Waals surface area contributed by atoms with Crippen LogP contribution in [0.2, 0.25) is 5.02 Å². The van der Waals surface area contributed by atoms with Gasteiger partial charge >= 0.3 is 0 Å². The van der Waals surface area contributed by atoms with Crippen LogP contribution in [0.15, 0.2) is 78.9 Å². The van der Waals surface area contributed by atoms with Crippen molar-refractivity contribution in [2.75, 3.05) is 24.2 Å². The summed E-state index contributed by atoms with van der Waals surface area (Å²) in [6, 6.07) is 22.7. The van der Waals surface area contributed by atoms with Gasteiger partial charge in [-0.15, -0.1) is 0 Å². The third-order valence-electron chi connectivity index (χ3n) is 7.52. The topological polar surface area (TPSA) is 96.0 Å². The maximum atomic E-state index is 14.2. The van der Waals surface area contributed by atoms with E-state index in [0.717, 1.165) is 53.8 Å².